The highest BCUT2D eigenvalue weighted by Crippen LogP contribution is 2.47. The molecule has 3 aliphatic heterocycles. The van der Waals surface area contributed by atoms with E-state index in [0.29, 0.717) is 50.0 Å². The van der Waals surface area contributed by atoms with E-state index in [2.05, 4.69) is 33.9 Å². The maximum Gasteiger partial charge on any atom is 0.244 e. The third-order valence-corrected chi connectivity index (χ3v) is 10.7. The lowest BCUT2D eigenvalue weighted by molar-refractivity contribution is -0.137. The van der Waals surface area contributed by atoms with Crippen molar-refractivity contribution in [3.63, 3.8) is 0 Å². The third-order valence-electron chi connectivity index (χ3n) is 8.23. The zero-order valence-corrected chi connectivity index (χ0v) is 24.0. The number of aromatic nitrogens is 4. The van der Waals surface area contributed by atoms with Gasteiger partial charge >= 0.3 is 0 Å². The average Bonchev–Trinajstić information content (AvgIpc) is 3.19. The van der Waals surface area contributed by atoms with E-state index in [1.165, 1.54) is 6.33 Å². The van der Waals surface area contributed by atoms with Crippen molar-refractivity contribution in [2.75, 3.05) is 41.8 Å². The number of carbonyl (C=O) groups excluding carboxylic acids is 1. The van der Waals surface area contributed by atoms with Gasteiger partial charge in [-0.2, -0.15) is 5.26 Å². The molecule has 0 aromatic carbocycles. The van der Waals surface area contributed by atoms with Gasteiger partial charge in [-0.25, -0.2) is 18.4 Å². The number of sulfone groups is 1. The summed E-state index contributed by atoms with van der Waals surface area (Å²) in [6, 6.07) is 3.43. The van der Waals surface area contributed by atoms with E-state index in [-0.39, 0.29) is 34.9 Å². The van der Waals surface area contributed by atoms with Gasteiger partial charge in [-0.1, -0.05) is 13.8 Å². The maximum absolute atomic E-state index is 13.4. The van der Waals surface area contributed by atoms with Crippen LogP contribution >= 0.6 is 0 Å². The van der Waals surface area contributed by atoms with Gasteiger partial charge in [0.05, 0.1) is 12.4 Å². The molecule has 0 saturated carbocycles. The molecule has 0 spiro atoms. The molecular weight excluding hydrogens is 520 g/mol. The van der Waals surface area contributed by atoms with Crippen molar-refractivity contribution in [2.24, 2.45) is 0 Å². The number of carbonyl (C=O) groups is 1. The Kier molecular flexibility index (Phi) is 6.44. The van der Waals surface area contributed by atoms with Crippen molar-refractivity contribution in [1.29, 1.82) is 5.26 Å². The second-order valence-electron chi connectivity index (χ2n) is 11.4. The predicted molar refractivity (Wildman–Crippen MR) is 145 cm³/mol. The maximum atomic E-state index is 13.4. The van der Waals surface area contributed by atoms with Gasteiger partial charge in [0.1, 0.15) is 28.8 Å². The molecule has 0 radical (unpaired) electrons. The van der Waals surface area contributed by atoms with Crippen molar-refractivity contribution >= 4 is 33.2 Å². The van der Waals surface area contributed by atoms with Gasteiger partial charge in [0.2, 0.25) is 11.6 Å². The van der Waals surface area contributed by atoms with Crippen LogP contribution in [0.1, 0.15) is 59.2 Å². The Labute approximate surface area is 228 Å². The van der Waals surface area contributed by atoms with E-state index >= 15 is 0 Å². The summed E-state index contributed by atoms with van der Waals surface area (Å²) in [4.78, 5) is 28.6. The highest BCUT2D eigenvalue weighted by molar-refractivity contribution is 7.95. The quantitative estimate of drug-likeness (QED) is 0.534. The Hall–Kier alpha value is -3.53. The highest BCUT2D eigenvalue weighted by atomic mass is 32.2. The molecule has 2 aromatic heterocycles. The van der Waals surface area contributed by atoms with Crippen LogP contribution in [0, 0.1) is 11.3 Å². The van der Waals surface area contributed by atoms with Crippen molar-refractivity contribution in [3.05, 3.63) is 23.7 Å². The number of nitriles is 1. The Morgan fingerprint density at radius 3 is 2.49 bits per heavy atom. The van der Waals surface area contributed by atoms with Gasteiger partial charge < -0.3 is 19.4 Å². The molecule has 39 heavy (non-hydrogen) atoms. The van der Waals surface area contributed by atoms with Crippen LogP contribution in [0.2, 0.25) is 0 Å². The number of anilines is 3. The topological polar surface area (TPSA) is 146 Å². The van der Waals surface area contributed by atoms with Crippen molar-refractivity contribution < 1.29 is 17.9 Å². The molecule has 2 fully saturated rings. The van der Waals surface area contributed by atoms with Gasteiger partial charge in [0, 0.05) is 48.8 Å². The Morgan fingerprint density at radius 1 is 1.15 bits per heavy atom. The number of nitrogens with zero attached hydrogens (tertiary/aromatic N) is 8. The zero-order chi connectivity index (χ0) is 28.3. The van der Waals surface area contributed by atoms with Gasteiger partial charge in [-0.3, -0.25) is 4.79 Å². The largest absolute Gasteiger partial charge is 0.491 e. The fourth-order valence-electron chi connectivity index (χ4n) is 5.80. The summed E-state index contributed by atoms with van der Waals surface area (Å²) >= 11 is 0. The standard InChI is InChI=1S/C26H34N8O4S/c1-7-38-19-10-20(31-30-18(19)11-27)34-14-25(4,5)21-22(28-15-29-23(21)34)32-12-17(3)33(13-16(32)2)24(35)26(6)8-9-39(26,36)37/h10,15-17H,7-9,12-14H2,1-6H3/t16-,17+,26+/m0/s1. The molecule has 0 unspecified atom stereocenters. The SMILES string of the molecule is CCOc1cc(N2CC(C)(C)c3c2ncnc3N2C[C@@H](C)N(C(=O)[C@@]3(C)CCS3(=O)=O)C[C@@H]2C)nnc1C#N. The van der Waals surface area contributed by atoms with Crippen LogP contribution in [0.3, 0.4) is 0 Å². The molecule has 3 aliphatic rings. The summed E-state index contributed by atoms with van der Waals surface area (Å²) in [6.07, 6.45) is 1.89. The molecule has 1 amide bonds. The number of hydrogen-bond acceptors (Lipinski definition) is 11. The van der Waals surface area contributed by atoms with Crippen LogP contribution in [0.15, 0.2) is 12.4 Å². The second kappa shape index (κ2) is 9.29. The number of amides is 1. The van der Waals surface area contributed by atoms with Gasteiger partial charge in [0.25, 0.3) is 0 Å². The first-order valence-corrected chi connectivity index (χ1v) is 14.8. The first kappa shape index (κ1) is 27.1. The van der Waals surface area contributed by atoms with Gasteiger partial charge in [0.15, 0.2) is 21.4 Å². The Bertz CT molecular complexity index is 1470. The van der Waals surface area contributed by atoms with Crippen LogP contribution in [-0.4, -0.2) is 88.2 Å². The van der Waals surface area contributed by atoms with E-state index < -0.39 is 14.6 Å². The normalized spacial score (nSPS) is 26.9. The van der Waals surface area contributed by atoms with E-state index in [1.807, 2.05) is 31.7 Å². The molecule has 2 saturated heterocycles. The Balaban J connectivity index is 1.47. The lowest BCUT2D eigenvalue weighted by atomic mass is 9.87. The molecule has 12 nitrogen and oxygen atoms in total. The molecule has 5 rings (SSSR count). The first-order valence-electron chi connectivity index (χ1n) is 13.2. The van der Waals surface area contributed by atoms with Crippen molar-refractivity contribution in [1.82, 2.24) is 25.1 Å². The van der Waals surface area contributed by atoms with E-state index in [4.69, 9.17) is 9.72 Å². The smallest absolute Gasteiger partial charge is 0.244 e. The molecule has 2 aromatic rings. The lowest BCUT2D eigenvalue weighted by Gasteiger charge is -2.49. The summed E-state index contributed by atoms with van der Waals surface area (Å²) in [6.45, 7) is 13.5. The summed E-state index contributed by atoms with van der Waals surface area (Å²) in [5.41, 5.74) is 0.736. The Morgan fingerprint density at radius 2 is 1.87 bits per heavy atom. The van der Waals surface area contributed by atoms with Crippen molar-refractivity contribution in [3.8, 4) is 11.8 Å². The summed E-state index contributed by atoms with van der Waals surface area (Å²) in [5, 5.41) is 17.7. The van der Waals surface area contributed by atoms with Gasteiger partial charge in [-0.05, 0) is 34.1 Å². The molecule has 5 heterocycles. The molecule has 13 heteroatoms. The van der Waals surface area contributed by atoms with Crippen LogP contribution in [0.4, 0.5) is 17.5 Å². The van der Waals surface area contributed by atoms with E-state index in [1.54, 1.807) is 17.9 Å². The molecule has 208 valence electrons. The fourth-order valence-corrected chi connectivity index (χ4v) is 7.33. The van der Waals surface area contributed by atoms with Gasteiger partial charge in [-0.15, -0.1) is 10.2 Å². The number of fused-ring (bicyclic) bond motifs is 1. The van der Waals surface area contributed by atoms with Crippen LogP contribution in [0.25, 0.3) is 0 Å². The zero-order valence-electron chi connectivity index (χ0n) is 23.2. The fraction of sp³-hybridized carbons (Fsp3) is 0.615. The van der Waals surface area contributed by atoms with Crippen LogP contribution in [0.5, 0.6) is 5.75 Å². The lowest BCUT2D eigenvalue weighted by Crippen LogP contribution is -2.66. The average molecular weight is 555 g/mol. The van der Waals surface area contributed by atoms with Crippen LogP contribution in [-0.2, 0) is 20.0 Å². The highest BCUT2D eigenvalue weighted by Gasteiger charge is 2.57. The molecule has 0 N–H and O–H groups in total. The number of hydrogen-bond donors (Lipinski definition) is 0. The number of rotatable bonds is 5. The summed E-state index contributed by atoms with van der Waals surface area (Å²) < 4.78 is 29.2. The summed E-state index contributed by atoms with van der Waals surface area (Å²) in [7, 11) is -3.41. The monoisotopic (exact) mass is 554 g/mol. The molecule has 0 aliphatic carbocycles. The molecular formula is C26H34N8O4S. The second-order valence-corrected chi connectivity index (χ2v) is 14.0. The molecule has 0 bridgehead atoms. The van der Waals surface area contributed by atoms with Crippen LogP contribution < -0.4 is 14.5 Å². The third kappa shape index (κ3) is 4.16. The van der Waals surface area contributed by atoms with Crippen molar-refractivity contribution in [2.45, 2.75) is 70.2 Å². The predicted octanol–water partition coefficient (Wildman–Crippen LogP) is 1.97. The minimum Gasteiger partial charge on any atom is -0.491 e. The number of ether oxygens (including phenoxy) is 1. The number of piperazine rings is 1. The van der Waals surface area contributed by atoms with E-state index in [9.17, 15) is 18.5 Å². The minimum absolute atomic E-state index is 0.0630. The first-order chi connectivity index (χ1) is 18.3. The molecule has 3 atom stereocenters. The van der Waals surface area contributed by atoms with E-state index in [0.717, 1.165) is 11.4 Å². The summed E-state index contributed by atoms with van der Waals surface area (Å²) in [5.74, 6) is 2.15. The minimum atomic E-state index is -3.41.